The maximum Gasteiger partial charge on any atom is 0.221 e. The van der Waals surface area contributed by atoms with Gasteiger partial charge in [-0.25, -0.2) is 4.98 Å². The van der Waals surface area contributed by atoms with E-state index in [0.717, 1.165) is 5.01 Å². The lowest BCUT2D eigenvalue weighted by Gasteiger charge is -2.18. The summed E-state index contributed by atoms with van der Waals surface area (Å²) in [6.45, 7) is 6.35. The van der Waals surface area contributed by atoms with Crippen LogP contribution in [0.3, 0.4) is 0 Å². The Bertz CT molecular complexity index is 329. The van der Waals surface area contributed by atoms with Crippen LogP contribution < -0.4 is 11.1 Å². The molecular formula is C11H19N3OS. The van der Waals surface area contributed by atoms with E-state index >= 15 is 0 Å². The molecule has 0 aliphatic carbocycles. The summed E-state index contributed by atoms with van der Waals surface area (Å²) in [4.78, 5) is 15.7. The minimum atomic E-state index is -0.450. The molecule has 5 heteroatoms. The second-order valence-electron chi connectivity index (χ2n) is 4.74. The predicted octanol–water partition coefficient (Wildman–Crippen LogP) is 1.49. The number of nitrogens with one attached hydrogen (secondary N) is 1. The van der Waals surface area contributed by atoms with Crippen LogP contribution in [0.2, 0.25) is 0 Å². The molecule has 0 bridgehead atoms. The van der Waals surface area contributed by atoms with Crippen molar-refractivity contribution in [3.63, 3.8) is 0 Å². The van der Waals surface area contributed by atoms with Crippen molar-refractivity contribution < 1.29 is 4.79 Å². The Hall–Kier alpha value is -0.940. The molecule has 1 unspecified atom stereocenters. The van der Waals surface area contributed by atoms with Gasteiger partial charge in [0.2, 0.25) is 5.91 Å². The maximum atomic E-state index is 11.5. The second-order valence-corrected chi connectivity index (χ2v) is 5.67. The van der Waals surface area contributed by atoms with Crippen molar-refractivity contribution in [3.05, 3.63) is 16.6 Å². The lowest BCUT2D eigenvalue weighted by molar-refractivity contribution is -0.122. The molecule has 0 aliphatic rings. The third-order valence-electron chi connectivity index (χ3n) is 2.09. The largest absolute Gasteiger partial charge is 0.355 e. The number of hydrogen-bond acceptors (Lipinski definition) is 4. The fraction of sp³-hybridized carbons (Fsp3) is 0.636. The number of carbonyl (C=O) groups is 1. The first-order chi connectivity index (χ1) is 7.38. The van der Waals surface area contributed by atoms with Gasteiger partial charge >= 0.3 is 0 Å². The SMILES string of the molecule is CC(CNC(=O)CC(C)(C)N)c1nccs1. The Balaban J connectivity index is 2.32. The number of rotatable bonds is 5. The van der Waals surface area contributed by atoms with E-state index in [9.17, 15) is 4.79 Å². The van der Waals surface area contributed by atoms with E-state index in [4.69, 9.17) is 5.73 Å². The van der Waals surface area contributed by atoms with Crippen LogP contribution in [0.5, 0.6) is 0 Å². The van der Waals surface area contributed by atoms with Gasteiger partial charge in [0.15, 0.2) is 0 Å². The van der Waals surface area contributed by atoms with Gasteiger partial charge in [0.05, 0.1) is 5.01 Å². The maximum absolute atomic E-state index is 11.5. The van der Waals surface area contributed by atoms with Gasteiger partial charge in [-0.05, 0) is 13.8 Å². The molecule has 0 saturated carbocycles. The standard InChI is InChI=1S/C11H19N3OS/c1-8(10-13-4-5-16-10)7-14-9(15)6-11(2,3)12/h4-5,8H,6-7,12H2,1-3H3,(H,14,15). The molecule has 0 saturated heterocycles. The quantitative estimate of drug-likeness (QED) is 0.820. The molecule has 0 aromatic carbocycles. The predicted molar refractivity (Wildman–Crippen MR) is 66.4 cm³/mol. The van der Waals surface area contributed by atoms with E-state index in [1.165, 1.54) is 0 Å². The van der Waals surface area contributed by atoms with Crippen molar-refractivity contribution in [2.75, 3.05) is 6.54 Å². The molecule has 90 valence electrons. The molecule has 1 atom stereocenters. The average molecular weight is 241 g/mol. The first-order valence-corrected chi connectivity index (χ1v) is 6.21. The highest BCUT2D eigenvalue weighted by molar-refractivity contribution is 7.09. The fourth-order valence-corrected chi connectivity index (χ4v) is 2.01. The van der Waals surface area contributed by atoms with Crippen LogP contribution in [-0.4, -0.2) is 23.0 Å². The van der Waals surface area contributed by atoms with Crippen molar-refractivity contribution >= 4 is 17.2 Å². The fourth-order valence-electron chi connectivity index (χ4n) is 1.31. The van der Waals surface area contributed by atoms with Gasteiger partial charge in [-0.15, -0.1) is 11.3 Å². The number of amides is 1. The number of aromatic nitrogens is 1. The van der Waals surface area contributed by atoms with Crippen LogP contribution in [0.4, 0.5) is 0 Å². The third kappa shape index (κ3) is 4.72. The minimum absolute atomic E-state index is 0.00379. The van der Waals surface area contributed by atoms with Crippen molar-refractivity contribution in [2.24, 2.45) is 5.73 Å². The lowest BCUT2D eigenvalue weighted by Crippen LogP contribution is -2.39. The minimum Gasteiger partial charge on any atom is -0.355 e. The highest BCUT2D eigenvalue weighted by Gasteiger charge is 2.17. The molecule has 1 amide bonds. The van der Waals surface area contributed by atoms with E-state index in [-0.39, 0.29) is 11.8 Å². The van der Waals surface area contributed by atoms with Gasteiger partial charge in [0, 0.05) is 36.0 Å². The topological polar surface area (TPSA) is 68.0 Å². The smallest absolute Gasteiger partial charge is 0.221 e. The van der Waals surface area contributed by atoms with Crippen LogP contribution >= 0.6 is 11.3 Å². The molecule has 4 nitrogen and oxygen atoms in total. The molecule has 0 fully saturated rings. The zero-order chi connectivity index (χ0) is 12.2. The van der Waals surface area contributed by atoms with E-state index in [0.29, 0.717) is 13.0 Å². The van der Waals surface area contributed by atoms with Crippen molar-refractivity contribution in [1.82, 2.24) is 10.3 Å². The molecule has 3 N–H and O–H groups in total. The third-order valence-corrected chi connectivity index (χ3v) is 3.10. The number of thiazole rings is 1. The first kappa shape index (κ1) is 13.1. The summed E-state index contributed by atoms with van der Waals surface area (Å²) in [5, 5.41) is 5.86. The summed E-state index contributed by atoms with van der Waals surface area (Å²) in [5.74, 6) is 0.251. The van der Waals surface area contributed by atoms with Gasteiger partial charge in [-0.1, -0.05) is 6.92 Å². The molecular weight excluding hydrogens is 222 g/mol. The van der Waals surface area contributed by atoms with Gasteiger partial charge < -0.3 is 11.1 Å². The lowest BCUT2D eigenvalue weighted by atomic mass is 10.0. The Morgan fingerprint density at radius 1 is 1.69 bits per heavy atom. The Morgan fingerprint density at radius 2 is 2.38 bits per heavy atom. The van der Waals surface area contributed by atoms with Gasteiger partial charge in [-0.3, -0.25) is 4.79 Å². The van der Waals surface area contributed by atoms with Crippen molar-refractivity contribution in [2.45, 2.75) is 38.6 Å². The number of hydrogen-bond donors (Lipinski definition) is 2. The zero-order valence-electron chi connectivity index (χ0n) is 9.99. The van der Waals surface area contributed by atoms with Crippen LogP contribution in [0, 0.1) is 0 Å². The molecule has 1 aromatic heterocycles. The van der Waals surface area contributed by atoms with E-state index in [1.54, 1.807) is 17.5 Å². The summed E-state index contributed by atoms with van der Waals surface area (Å²) in [5.41, 5.74) is 5.32. The second kappa shape index (κ2) is 5.41. The summed E-state index contributed by atoms with van der Waals surface area (Å²) in [6.07, 6.45) is 2.12. The van der Waals surface area contributed by atoms with Gasteiger partial charge in [0.25, 0.3) is 0 Å². The summed E-state index contributed by atoms with van der Waals surface area (Å²) >= 11 is 1.61. The molecule has 1 aromatic rings. The average Bonchev–Trinajstić information content (AvgIpc) is 2.64. The first-order valence-electron chi connectivity index (χ1n) is 5.33. The van der Waals surface area contributed by atoms with Gasteiger partial charge in [-0.2, -0.15) is 0 Å². The van der Waals surface area contributed by atoms with Crippen LogP contribution in [0.15, 0.2) is 11.6 Å². The number of nitrogens with zero attached hydrogens (tertiary/aromatic N) is 1. The highest BCUT2D eigenvalue weighted by Crippen LogP contribution is 2.16. The van der Waals surface area contributed by atoms with Crippen molar-refractivity contribution in [1.29, 1.82) is 0 Å². The molecule has 1 heterocycles. The molecule has 16 heavy (non-hydrogen) atoms. The molecule has 0 radical (unpaired) electrons. The molecule has 0 spiro atoms. The van der Waals surface area contributed by atoms with E-state index in [1.807, 2.05) is 26.2 Å². The Kier molecular flexibility index (Phi) is 4.44. The monoisotopic (exact) mass is 241 g/mol. The summed E-state index contributed by atoms with van der Waals surface area (Å²) < 4.78 is 0. The Morgan fingerprint density at radius 3 is 2.88 bits per heavy atom. The summed E-state index contributed by atoms with van der Waals surface area (Å²) in [6, 6.07) is 0. The number of carbonyl (C=O) groups excluding carboxylic acids is 1. The van der Waals surface area contributed by atoms with E-state index < -0.39 is 5.54 Å². The van der Waals surface area contributed by atoms with Crippen molar-refractivity contribution in [3.8, 4) is 0 Å². The van der Waals surface area contributed by atoms with Crippen LogP contribution in [0.1, 0.15) is 38.1 Å². The summed E-state index contributed by atoms with van der Waals surface area (Å²) in [7, 11) is 0. The normalized spacial score (nSPS) is 13.5. The van der Waals surface area contributed by atoms with Gasteiger partial charge in [0.1, 0.15) is 0 Å². The van der Waals surface area contributed by atoms with Crippen LogP contribution in [0.25, 0.3) is 0 Å². The molecule has 1 rings (SSSR count). The number of nitrogens with two attached hydrogens (primary N) is 1. The highest BCUT2D eigenvalue weighted by atomic mass is 32.1. The van der Waals surface area contributed by atoms with E-state index in [2.05, 4.69) is 10.3 Å². The Labute approximate surface area is 100 Å². The zero-order valence-corrected chi connectivity index (χ0v) is 10.8. The molecule has 0 aliphatic heterocycles. The van der Waals surface area contributed by atoms with Crippen LogP contribution in [-0.2, 0) is 4.79 Å².